The van der Waals surface area contributed by atoms with Crippen molar-refractivity contribution in [3.63, 3.8) is 0 Å². The Hall–Kier alpha value is -1.90. The van der Waals surface area contributed by atoms with E-state index in [4.69, 9.17) is 4.74 Å². The second-order valence-electron chi connectivity index (χ2n) is 4.95. The minimum absolute atomic E-state index is 0.0667. The topological polar surface area (TPSA) is 84.5 Å². The zero-order chi connectivity index (χ0) is 17.7. The molecule has 0 radical (unpaired) electrons. The summed E-state index contributed by atoms with van der Waals surface area (Å²) in [7, 11) is -3.98. The Kier molecular flexibility index (Phi) is 5.98. The third kappa shape index (κ3) is 4.56. The normalized spacial score (nSPS) is 11.1. The van der Waals surface area contributed by atoms with Crippen molar-refractivity contribution in [2.75, 3.05) is 6.61 Å². The average Bonchev–Trinajstić information content (AvgIpc) is 2.55. The summed E-state index contributed by atoms with van der Waals surface area (Å²) in [6, 6.07) is 11.4. The Morgan fingerprint density at radius 3 is 2.46 bits per heavy atom. The van der Waals surface area contributed by atoms with Gasteiger partial charge in [0.15, 0.2) is 0 Å². The first-order valence-electron chi connectivity index (χ1n) is 7.14. The van der Waals surface area contributed by atoms with E-state index in [2.05, 4.69) is 26.2 Å². The third-order valence-corrected chi connectivity index (χ3v) is 4.87. The van der Waals surface area contributed by atoms with Crippen molar-refractivity contribution in [3.8, 4) is 5.75 Å². The standard InChI is InChI=1S/C16H17BrN2O4S/c1-3-23-14-9-8-13(17)10-15(14)24(21,22)19-18-16(20)12-6-4-11(2)5-7-12/h4-10,19H,3H2,1-2H3,(H,18,20). The molecule has 2 N–H and O–H groups in total. The van der Waals surface area contributed by atoms with Crippen LogP contribution in [0.2, 0.25) is 0 Å². The zero-order valence-corrected chi connectivity index (χ0v) is 15.6. The van der Waals surface area contributed by atoms with Gasteiger partial charge < -0.3 is 4.74 Å². The maximum atomic E-state index is 12.4. The van der Waals surface area contributed by atoms with E-state index in [9.17, 15) is 13.2 Å². The number of hydrogen-bond acceptors (Lipinski definition) is 4. The molecular weight excluding hydrogens is 396 g/mol. The minimum Gasteiger partial charge on any atom is -0.492 e. The number of amides is 1. The minimum atomic E-state index is -3.98. The number of benzene rings is 2. The number of ether oxygens (including phenoxy) is 1. The molecular formula is C16H17BrN2O4S. The predicted octanol–water partition coefficient (Wildman–Crippen LogP) is 2.78. The Bertz CT molecular complexity index is 836. The van der Waals surface area contributed by atoms with Gasteiger partial charge in [-0.05, 0) is 44.2 Å². The highest BCUT2D eigenvalue weighted by Gasteiger charge is 2.21. The number of halogens is 1. The molecule has 2 rings (SSSR count). The van der Waals surface area contributed by atoms with E-state index in [0.29, 0.717) is 16.6 Å². The summed E-state index contributed by atoms with van der Waals surface area (Å²) >= 11 is 3.23. The van der Waals surface area contributed by atoms with E-state index < -0.39 is 15.9 Å². The van der Waals surface area contributed by atoms with Crippen LogP contribution in [0.15, 0.2) is 51.8 Å². The molecule has 2 aromatic rings. The monoisotopic (exact) mass is 412 g/mol. The van der Waals surface area contributed by atoms with Gasteiger partial charge in [-0.15, -0.1) is 4.83 Å². The van der Waals surface area contributed by atoms with Gasteiger partial charge in [-0.25, -0.2) is 8.42 Å². The van der Waals surface area contributed by atoms with Gasteiger partial charge in [0.2, 0.25) is 0 Å². The summed E-state index contributed by atoms with van der Waals surface area (Å²) in [4.78, 5) is 14.1. The van der Waals surface area contributed by atoms with Crippen molar-refractivity contribution in [2.24, 2.45) is 0 Å². The molecule has 0 aliphatic carbocycles. The van der Waals surface area contributed by atoms with Crippen LogP contribution < -0.4 is 15.0 Å². The van der Waals surface area contributed by atoms with Crippen molar-refractivity contribution in [3.05, 3.63) is 58.1 Å². The smallest absolute Gasteiger partial charge is 0.266 e. The summed E-state index contributed by atoms with van der Waals surface area (Å²) in [6.45, 7) is 3.97. The molecule has 0 heterocycles. The van der Waals surface area contributed by atoms with Crippen LogP contribution in [0, 0.1) is 6.92 Å². The maximum absolute atomic E-state index is 12.4. The van der Waals surface area contributed by atoms with Gasteiger partial charge in [0.05, 0.1) is 6.61 Å². The number of aryl methyl sites for hydroxylation is 1. The van der Waals surface area contributed by atoms with E-state index in [-0.39, 0.29) is 10.6 Å². The first-order valence-corrected chi connectivity index (χ1v) is 9.42. The van der Waals surface area contributed by atoms with Crippen molar-refractivity contribution in [2.45, 2.75) is 18.7 Å². The molecule has 24 heavy (non-hydrogen) atoms. The Balaban J connectivity index is 2.18. The first kappa shape index (κ1) is 18.4. The maximum Gasteiger partial charge on any atom is 0.266 e. The quantitative estimate of drug-likeness (QED) is 0.714. The highest BCUT2D eigenvalue weighted by Crippen LogP contribution is 2.27. The van der Waals surface area contributed by atoms with E-state index in [0.717, 1.165) is 5.56 Å². The van der Waals surface area contributed by atoms with Gasteiger partial charge in [-0.2, -0.15) is 0 Å². The molecule has 8 heteroatoms. The van der Waals surface area contributed by atoms with E-state index in [1.165, 1.54) is 6.07 Å². The molecule has 1 amide bonds. The zero-order valence-electron chi connectivity index (χ0n) is 13.2. The van der Waals surface area contributed by atoms with E-state index >= 15 is 0 Å². The van der Waals surface area contributed by atoms with Gasteiger partial charge in [0, 0.05) is 10.0 Å². The van der Waals surface area contributed by atoms with Gasteiger partial charge in [-0.1, -0.05) is 33.6 Å². The number of hydrazine groups is 1. The lowest BCUT2D eigenvalue weighted by molar-refractivity contribution is 0.0945. The molecule has 0 atom stereocenters. The number of hydrogen-bond donors (Lipinski definition) is 2. The summed E-state index contributed by atoms with van der Waals surface area (Å²) in [5, 5.41) is 0. The van der Waals surface area contributed by atoms with Crippen LogP contribution >= 0.6 is 15.9 Å². The van der Waals surface area contributed by atoms with Gasteiger partial charge in [-0.3, -0.25) is 10.2 Å². The summed E-state index contributed by atoms with van der Waals surface area (Å²) in [5.41, 5.74) is 3.55. The average molecular weight is 413 g/mol. The van der Waals surface area contributed by atoms with Crippen LogP contribution in [0.4, 0.5) is 0 Å². The largest absolute Gasteiger partial charge is 0.492 e. The molecule has 0 bridgehead atoms. The van der Waals surface area contributed by atoms with Crippen molar-refractivity contribution < 1.29 is 17.9 Å². The van der Waals surface area contributed by atoms with Crippen molar-refractivity contribution >= 4 is 31.9 Å². The molecule has 6 nitrogen and oxygen atoms in total. The first-order chi connectivity index (χ1) is 11.3. The molecule has 0 aliphatic rings. The SMILES string of the molecule is CCOc1ccc(Br)cc1S(=O)(=O)NNC(=O)c1ccc(C)cc1. The predicted molar refractivity (Wildman–Crippen MR) is 94.3 cm³/mol. The molecule has 0 spiro atoms. The molecule has 0 aliphatic heterocycles. The molecule has 0 fully saturated rings. The molecule has 0 unspecified atom stereocenters. The number of sulfonamides is 1. The molecule has 128 valence electrons. The third-order valence-electron chi connectivity index (χ3n) is 3.11. The van der Waals surface area contributed by atoms with Gasteiger partial charge in [0.25, 0.3) is 15.9 Å². The van der Waals surface area contributed by atoms with Gasteiger partial charge in [0.1, 0.15) is 10.6 Å². The number of rotatable bonds is 6. The second-order valence-corrected chi connectivity index (χ2v) is 7.52. The van der Waals surface area contributed by atoms with Crippen molar-refractivity contribution in [1.82, 2.24) is 10.3 Å². The number of nitrogens with one attached hydrogen (secondary N) is 2. The lowest BCUT2D eigenvalue weighted by atomic mass is 10.1. The van der Waals surface area contributed by atoms with Crippen LogP contribution in [0.25, 0.3) is 0 Å². The highest BCUT2D eigenvalue weighted by molar-refractivity contribution is 9.10. The fourth-order valence-corrected chi connectivity index (χ4v) is 3.44. The van der Waals surface area contributed by atoms with Crippen LogP contribution in [0.3, 0.4) is 0 Å². The Labute approximate surface area is 149 Å². The van der Waals surface area contributed by atoms with Crippen LogP contribution in [-0.2, 0) is 10.0 Å². The van der Waals surface area contributed by atoms with Crippen LogP contribution in [0.1, 0.15) is 22.8 Å². The molecule has 2 aromatic carbocycles. The molecule has 0 saturated heterocycles. The fraction of sp³-hybridized carbons (Fsp3) is 0.188. The Morgan fingerprint density at radius 1 is 1.17 bits per heavy atom. The lowest BCUT2D eigenvalue weighted by Gasteiger charge is -2.13. The molecule has 0 aromatic heterocycles. The lowest BCUT2D eigenvalue weighted by Crippen LogP contribution is -2.41. The number of carbonyl (C=O) groups excluding carboxylic acids is 1. The summed E-state index contributed by atoms with van der Waals surface area (Å²) in [6.07, 6.45) is 0. The van der Waals surface area contributed by atoms with Crippen LogP contribution in [0.5, 0.6) is 5.75 Å². The summed E-state index contributed by atoms with van der Waals surface area (Å²) in [5.74, 6) is -0.343. The molecule has 0 saturated carbocycles. The van der Waals surface area contributed by atoms with Crippen molar-refractivity contribution in [1.29, 1.82) is 0 Å². The van der Waals surface area contributed by atoms with Gasteiger partial charge >= 0.3 is 0 Å². The van der Waals surface area contributed by atoms with E-state index in [1.54, 1.807) is 43.3 Å². The Morgan fingerprint density at radius 2 is 1.83 bits per heavy atom. The fourth-order valence-electron chi connectivity index (χ4n) is 1.91. The number of carbonyl (C=O) groups is 1. The van der Waals surface area contributed by atoms with Crippen LogP contribution in [-0.4, -0.2) is 20.9 Å². The second kappa shape index (κ2) is 7.78. The summed E-state index contributed by atoms with van der Waals surface area (Å²) < 4.78 is 30.8. The highest BCUT2D eigenvalue weighted by atomic mass is 79.9. The van der Waals surface area contributed by atoms with E-state index in [1.807, 2.05) is 6.92 Å².